The SMILES string of the molecule is CC1=CC[C@H]2C(C)(C)C=CC(=O)[C@@]2(C=O)[C@H]1CCC1(C)OCCO1. The topological polar surface area (TPSA) is 52.6 Å². The number of aldehydes is 1. The average molecular weight is 332 g/mol. The van der Waals surface area contributed by atoms with Crippen molar-refractivity contribution in [3.63, 3.8) is 0 Å². The molecule has 0 aromatic carbocycles. The molecule has 4 nitrogen and oxygen atoms in total. The third-order valence-electron chi connectivity index (χ3n) is 6.35. The second kappa shape index (κ2) is 5.92. The molecule has 0 amide bonds. The Hall–Kier alpha value is -1.26. The van der Waals surface area contributed by atoms with Crippen molar-refractivity contribution in [3.05, 3.63) is 23.8 Å². The molecule has 0 radical (unpaired) electrons. The van der Waals surface area contributed by atoms with Crippen molar-refractivity contribution in [1.82, 2.24) is 0 Å². The van der Waals surface area contributed by atoms with Gasteiger partial charge in [0.05, 0.1) is 18.6 Å². The number of hydrogen-bond donors (Lipinski definition) is 0. The molecule has 4 heteroatoms. The highest BCUT2D eigenvalue weighted by atomic mass is 16.7. The largest absolute Gasteiger partial charge is 0.348 e. The second-order valence-electron chi connectivity index (χ2n) is 8.23. The third kappa shape index (κ3) is 2.60. The number of fused-ring (bicyclic) bond motifs is 1. The van der Waals surface area contributed by atoms with Crippen LogP contribution in [0.4, 0.5) is 0 Å². The van der Waals surface area contributed by atoms with E-state index in [-0.39, 0.29) is 23.0 Å². The van der Waals surface area contributed by atoms with E-state index in [2.05, 4.69) is 19.9 Å². The zero-order valence-corrected chi connectivity index (χ0v) is 15.1. The third-order valence-corrected chi connectivity index (χ3v) is 6.35. The van der Waals surface area contributed by atoms with Gasteiger partial charge in [-0.3, -0.25) is 4.79 Å². The van der Waals surface area contributed by atoms with Crippen molar-refractivity contribution in [2.75, 3.05) is 13.2 Å². The van der Waals surface area contributed by atoms with Crippen LogP contribution in [0.15, 0.2) is 23.8 Å². The summed E-state index contributed by atoms with van der Waals surface area (Å²) in [7, 11) is 0. The van der Waals surface area contributed by atoms with Crippen LogP contribution in [0.3, 0.4) is 0 Å². The molecule has 0 N–H and O–H groups in total. The summed E-state index contributed by atoms with van der Waals surface area (Å²) in [6.45, 7) is 9.44. The van der Waals surface area contributed by atoms with Crippen molar-refractivity contribution in [2.45, 2.75) is 52.7 Å². The molecule has 1 saturated heterocycles. The van der Waals surface area contributed by atoms with Crippen LogP contribution in [0.1, 0.15) is 47.0 Å². The van der Waals surface area contributed by atoms with Crippen LogP contribution < -0.4 is 0 Å². The summed E-state index contributed by atoms with van der Waals surface area (Å²) in [6.07, 6.45) is 8.91. The highest BCUT2D eigenvalue weighted by molar-refractivity contribution is 6.07. The lowest BCUT2D eigenvalue weighted by atomic mass is 9.49. The fourth-order valence-corrected chi connectivity index (χ4v) is 4.87. The summed E-state index contributed by atoms with van der Waals surface area (Å²) in [5, 5.41) is 0. The van der Waals surface area contributed by atoms with Crippen LogP contribution in [-0.4, -0.2) is 31.1 Å². The Bertz CT molecular complexity index is 595. The first-order valence-electron chi connectivity index (χ1n) is 8.90. The van der Waals surface area contributed by atoms with Gasteiger partial charge in [0.25, 0.3) is 0 Å². The Morgan fingerprint density at radius 3 is 2.54 bits per heavy atom. The molecular weight excluding hydrogens is 304 g/mol. The van der Waals surface area contributed by atoms with Crippen molar-refractivity contribution in [1.29, 1.82) is 0 Å². The predicted molar refractivity (Wildman–Crippen MR) is 91.3 cm³/mol. The average Bonchev–Trinajstić information content (AvgIpc) is 2.96. The normalized spacial score (nSPS) is 37.0. The molecule has 0 bridgehead atoms. The first kappa shape index (κ1) is 17.6. The number of carbonyl (C=O) groups is 2. The highest BCUT2D eigenvalue weighted by Crippen LogP contribution is 2.56. The van der Waals surface area contributed by atoms with Crippen molar-refractivity contribution < 1.29 is 19.1 Å². The zero-order chi connectivity index (χ0) is 17.6. The number of allylic oxidation sites excluding steroid dienone is 4. The van der Waals surface area contributed by atoms with Gasteiger partial charge < -0.3 is 14.3 Å². The summed E-state index contributed by atoms with van der Waals surface area (Å²) in [6, 6.07) is 0. The van der Waals surface area contributed by atoms with Gasteiger partial charge in [-0.1, -0.05) is 31.6 Å². The van der Waals surface area contributed by atoms with Crippen LogP contribution in [-0.2, 0) is 19.1 Å². The maximum absolute atomic E-state index is 12.9. The Kier molecular flexibility index (Phi) is 4.33. The molecule has 0 aromatic rings. The molecule has 3 rings (SSSR count). The molecule has 1 heterocycles. The van der Waals surface area contributed by atoms with Crippen LogP contribution in [0.5, 0.6) is 0 Å². The highest BCUT2D eigenvalue weighted by Gasteiger charge is 2.58. The fourth-order valence-electron chi connectivity index (χ4n) is 4.87. The molecule has 3 aliphatic rings. The van der Waals surface area contributed by atoms with Gasteiger partial charge >= 0.3 is 0 Å². The molecule has 0 saturated carbocycles. The van der Waals surface area contributed by atoms with Gasteiger partial charge in [0, 0.05) is 6.42 Å². The van der Waals surface area contributed by atoms with Crippen molar-refractivity contribution in [3.8, 4) is 0 Å². The van der Waals surface area contributed by atoms with E-state index in [1.807, 2.05) is 19.9 Å². The van der Waals surface area contributed by atoms with Gasteiger partial charge in [0.1, 0.15) is 6.29 Å². The smallest absolute Gasteiger partial charge is 0.169 e. The minimum Gasteiger partial charge on any atom is -0.348 e. The first-order chi connectivity index (χ1) is 11.3. The number of ether oxygens (including phenoxy) is 2. The monoisotopic (exact) mass is 332 g/mol. The number of hydrogen-bond acceptors (Lipinski definition) is 4. The molecule has 24 heavy (non-hydrogen) atoms. The van der Waals surface area contributed by atoms with Crippen molar-refractivity contribution >= 4 is 12.1 Å². The molecule has 1 fully saturated rings. The zero-order valence-electron chi connectivity index (χ0n) is 15.1. The van der Waals surface area contributed by atoms with Gasteiger partial charge in [-0.15, -0.1) is 0 Å². The van der Waals surface area contributed by atoms with E-state index < -0.39 is 11.2 Å². The maximum atomic E-state index is 12.9. The summed E-state index contributed by atoms with van der Waals surface area (Å²) < 4.78 is 11.4. The quantitative estimate of drug-likeness (QED) is 0.449. The van der Waals surface area contributed by atoms with E-state index in [4.69, 9.17) is 9.47 Å². The maximum Gasteiger partial charge on any atom is 0.169 e. The fraction of sp³-hybridized carbons (Fsp3) is 0.700. The Morgan fingerprint density at radius 1 is 1.25 bits per heavy atom. The molecular formula is C20H28O4. The minimum atomic E-state index is -0.952. The van der Waals surface area contributed by atoms with E-state index in [0.717, 1.165) is 18.3 Å². The molecule has 2 aliphatic carbocycles. The van der Waals surface area contributed by atoms with Gasteiger partial charge in [0.15, 0.2) is 11.6 Å². The van der Waals surface area contributed by atoms with Gasteiger partial charge in [-0.05, 0) is 50.0 Å². The molecule has 132 valence electrons. The lowest BCUT2D eigenvalue weighted by molar-refractivity contribution is -0.157. The van der Waals surface area contributed by atoms with Crippen LogP contribution in [0.2, 0.25) is 0 Å². The van der Waals surface area contributed by atoms with E-state index in [1.165, 1.54) is 0 Å². The molecule has 3 atom stereocenters. The summed E-state index contributed by atoms with van der Waals surface area (Å²) in [4.78, 5) is 25.2. The Labute approximate surface area is 144 Å². The standard InChI is InChI=1S/C20H28O4/c1-14-5-6-16-18(2,3)9-8-17(22)20(16,13-21)15(14)7-10-19(4)23-11-12-24-19/h5,8-9,13,15-16H,6-7,10-12H2,1-4H3/t15-,16-,20-/m0/s1. The number of ketones is 1. The molecule has 1 aliphatic heterocycles. The minimum absolute atomic E-state index is 0.00641. The first-order valence-corrected chi connectivity index (χ1v) is 8.90. The predicted octanol–water partition coefficient (Wildman–Crippen LogP) is 3.46. The molecule has 0 spiro atoms. The van der Waals surface area contributed by atoms with E-state index >= 15 is 0 Å². The van der Waals surface area contributed by atoms with Gasteiger partial charge in [-0.2, -0.15) is 0 Å². The second-order valence-corrected chi connectivity index (χ2v) is 8.23. The molecule has 0 aromatic heterocycles. The summed E-state index contributed by atoms with van der Waals surface area (Å²) in [5.41, 5.74) is 0.0139. The van der Waals surface area contributed by atoms with Gasteiger partial charge in [0.2, 0.25) is 0 Å². The van der Waals surface area contributed by atoms with Crippen molar-refractivity contribution in [2.24, 2.45) is 22.7 Å². The number of rotatable bonds is 4. The molecule has 0 unspecified atom stereocenters. The Morgan fingerprint density at radius 2 is 1.92 bits per heavy atom. The van der Waals surface area contributed by atoms with Crippen LogP contribution >= 0.6 is 0 Å². The lowest BCUT2D eigenvalue weighted by Crippen LogP contribution is -2.55. The lowest BCUT2D eigenvalue weighted by Gasteiger charge is -2.52. The van der Waals surface area contributed by atoms with Crippen LogP contribution in [0, 0.1) is 22.7 Å². The summed E-state index contributed by atoms with van der Waals surface area (Å²) in [5.74, 6) is -0.722. The van der Waals surface area contributed by atoms with E-state index in [0.29, 0.717) is 26.1 Å². The number of carbonyl (C=O) groups excluding carboxylic acids is 2. The van der Waals surface area contributed by atoms with Crippen LogP contribution in [0.25, 0.3) is 0 Å². The van der Waals surface area contributed by atoms with E-state index in [9.17, 15) is 9.59 Å². The Balaban J connectivity index is 1.95. The van der Waals surface area contributed by atoms with Gasteiger partial charge in [-0.25, -0.2) is 0 Å². The summed E-state index contributed by atoms with van der Waals surface area (Å²) >= 11 is 0. The van der Waals surface area contributed by atoms with E-state index in [1.54, 1.807) is 6.08 Å².